The summed E-state index contributed by atoms with van der Waals surface area (Å²) in [5.41, 5.74) is 1.86. The average Bonchev–Trinajstić information content (AvgIpc) is 3.55. The predicted molar refractivity (Wildman–Crippen MR) is 261 cm³/mol. The molecule has 16 heteroatoms. The normalized spacial score (nSPS) is 12.6. The fourth-order valence-corrected chi connectivity index (χ4v) is 7.73. The van der Waals surface area contributed by atoms with Crippen LogP contribution in [-0.4, -0.2) is 120 Å². The lowest BCUT2D eigenvalue weighted by Gasteiger charge is -2.24. The number of halogens is 1. The van der Waals surface area contributed by atoms with Crippen LogP contribution in [0.25, 0.3) is 10.9 Å². The number of carbonyl (C=O) groups is 2. The molecule has 66 heavy (non-hydrogen) atoms. The Morgan fingerprint density at radius 3 is 2.02 bits per heavy atom. The van der Waals surface area contributed by atoms with Crippen molar-refractivity contribution in [2.75, 3.05) is 88.0 Å². The van der Waals surface area contributed by atoms with Crippen LogP contribution in [0.1, 0.15) is 132 Å². The maximum atomic E-state index is 13.1. The van der Waals surface area contributed by atoms with E-state index in [1.54, 1.807) is 32.2 Å². The quantitative estimate of drug-likeness (QED) is 0.0218. The van der Waals surface area contributed by atoms with Gasteiger partial charge >= 0.3 is 13.7 Å². The van der Waals surface area contributed by atoms with Gasteiger partial charge < -0.3 is 38.4 Å². The SMILES string of the molecule is CCCCCCCCCCCCCCCCCOCOCC(COP(=O)(O)OCC[N+](C)(C)C)OCOCCCCNC(=O)Cc1c(C)n(C(=O)C#CC#CC#CCl)c2ccc(OC)cc12. The van der Waals surface area contributed by atoms with E-state index in [2.05, 4.69) is 47.2 Å². The fourth-order valence-electron chi connectivity index (χ4n) is 6.95. The third kappa shape index (κ3) is 27.4. The number of methoxy groups -OCH3 is 1. The van der Waals surface area contributed by atoms with Crippen LogP contribution in [0.4, 0.5) is 0 Å². The number of ether oxygens (including phenoxy) is 5. The number of hydrogen-bond acceptors (Lipinski definition) is 10. The third-order valence-corrected chi connectivity index (χ3v) is 11.8. The van der Waals surface area contributed by atoms with Crippen molar-refractivity contribution in [3.8, 4) is 40.7 Å². The van der Waals surface area contributed by atoms with Crippen LogP contribution in [0.3, 0.4) is 0 Å². The Kier molecular flexibility index (Phi) is 31.7. The van der Waals surface area contributed by atoms with E-state index in [1.807, 2.05) is 21.1 Å². The highest BCUT2D eigenvalue weighted by Crippen LogP contribution is 2.43. The summed E-state index contributed by atoms with van der Waals surface area (Å²) in [6.45, 7) is 5.70. The number of quaternary nitrogens is 1. The van der Waals surface area contributed by atoms with E-state index in [1.165, 1.54) is 88.0 Å². The van der Waals surface area contributed by atoms with Crippen molar-refractivity contribution >= 4 is 42.1 Å². The van der Waals surface area contributed by atoms with E-state index < -0.39 is 19.8 Å². The first-order valence-electron chi connectivity index (χ1n) is 23.7. The highest BCUT2D eigenvalue weighted by atomic mass is 35.5. The number of benzene rings is 1. The number of nitrogens with zero attached hydrogens (tertiary/aromatic N) is 2. The molecule has 2 rings (SSSR count). The maximum absolute atomic E-state index is 13.1. The summed E-state index contributed by atoms with van der Waals surface area (Å²) in [6, 6.07) is 5.29. The molecule has 1 amide bonds. The number of phosphoric acid groups is 1. The number of phosphoric ester groups is 1. The minimum Gasteiger partial charge on any atom is -0.497 e. The summed E-state index contributed by atoms with van der Waals surface area (Å²) in [5, 5.41) is 5.77. The number of aromatic nitrogens is 1. The van der Waals surface area contributed by atoms with Crippen LogP contribution in [0.15, 0.2) is 18.2 Å². The number of fused-ring (bicyclic) bond motifs is 1. The average molecular weight is 964 g/mol. The van der Waals surface area contributed by atoms with E-state index in [9.17, 15) is 19.0 Å². The number of rotatable bonds is 38. The van der Waals surface area contributed by atoms with Crippen molar-refractivity contribution in [1.82, 2.24) is 9.88 Å². The van der Waals surface area contributed by atoms with Crippen molar-refractivity contribution in [1.29, 1.82) is 0 Å². The zero-order valence-electron chi connectivity index (χ0n) is 40.7. The molecule has 0 spiro atoms. The molecular formula is C50H78ClN3O11P+. The highest BCUT2D eigenvalue weighted by Gasteiger charge is 2.25. The lowest BCUT2D eigenvalue weighted by atomic mass is 10.0. The largest absolute Gasteiger partial charge is 0.497 e. The number of carbonyl (C=O) groups excluding carboxylic acids is 2. The van der Waals surface area contributed by atoms with Gasteiger partial charge in [0.15, 0.2) is 0 Å². The molecule has 1 aromatic carbocycles. The van der Waals surface area contributed by atoms with Crippen molar-refractivity contribution in [2.24, 2.45) is 0 Å². The molecule has 2 N–H and O–H groups in total. The second kappa shape index (κ2) is 35.7. The molecule has 0 aliphatic carbocycles. The Morgan fingerprint density at radius 1 is 0.788 bits per heavy atom. The first-order chi connectivity index (χ1) is 31.8. The number of hydrogen-bond donors (Lipinski definition) is 2. The van der Waals surface area contributed by atoms with Crippen molar-refractivity contribution in [3.63, 3.8) is 0 Å². The number of amides is 1. The van der Waals surface area contributed by atoms with Crippen molar-refractivity contribution < 1.29 is 56.3 Å². The van der Waals surface area contributed by atoms with Crippen LogP contribution in [0.5, 0.6) is 5.75 Å². The highest BCUT2D eigenvalue weighted by molar-refractivity contribution is 7.47. The Bertz CT molecular complexity index is 1930. The van der Waals surface area contributed by atoms with Crippen LogP contribution in [0.2, 0.25) is 0 Å². The first-order valence-corrected chi connectivity index (χ1v) is 25.6. The summed E-state index contributed by atoms with van der Waals surface area (Å²) in [5.74, 6) is 12.1. The molecule has 0 saturated heterocycles. The summed E-state index contributed by atoms with van der Waals surface area (Å²) in [7, 11) is 3.10. The van der Waals surface area contributed by atoms with Gasteiger partial charge in [0, 0.05) is 54.0 Å². The number of nitrogens with one attached hydrogen (secondary N) is 1. The molecule has 14 nitrogen and oxygen atoms in total. The zero-order valence-corrected chi connectivity index (χ0v) is 42.3. The zero-order chi connectivity index (χ0) is 48.3. The van der Waals surface area contributed by atoms with Crippen molar-refractivity contribution in [2.45, 2.75) is 136 Å². The first kappa shape index (κ1) is 58.7. The van der Waals surface area contributed by atoms with Gasteiger partial charge in [0.25, 0.3) is 0 Å². The third-order valence-electron chi connectivity index (χ3n) is 10.7. The van der Waals surface area contributed by atoms with Gasteiger partial charge in [0.05, 0.1) is 53.4 Å². The number of unbranched alkanes of at least 4 members (excludes halogenated alkanes) is 15. The van der Waals surface area contributed by atoms with Crippen LogP contribution in [-0.2, 0) is 43.8 Å². The second-order valence-corrected chi connectivity index (χ2v) is 19.0. The van der Waals surface area contributed by atoms with Gasteiger partial charge in [-0.3, -0.25) is 23.2 Å². The maximum Gasteiger partial charge on any atom is 0.472 e. The fraction of sp³-hybridized carbons (Fsp3) is 0.680. The van der Waals surface area contributed by atoms with Crippen LogP contribution >= 0.6 is 19.4 Å². The van der Waals surface area contributed by atoms with Gasteiger partial charge in [-0.05, 0) is 73.4 Å². The predicted octanol–water partition coefficient (Wildman–Crippen LogP) is 9.31. The van der Waals surface area contributed by atoms with Gasteiger partial charge in [-0.15, -0.1) is 0 Å². The summed E-state index contributed by atoms with van der Waals surface area (Å²) < 4.78 is 53.3. The Morgan fingerprint density at radius 2 is 1.39 bits per heavy atom. The van der Waals surface area contributed by atoms with E-state index >= 15 is 0 Å². The summed E-state index contributed by atoms with van der Waals surface area (Å²) in [4.78, 5) is 36.4. The minimum atomic E-state index is -4.32. The summed E-state index contributed by atoms with van der Waals surface area (Å²) in [6.07, 6.45) is 20.1. The van der Waals surface area contributed by atoms with Gasteiger partial charge in [-0.25, -0.2) is 4.57 Å². The molecule has 0 aliphatic rings. The number of likely N-dealkylation sites (N-methyl/N-ethyl adjacent to an activating group) is 1. The van der Waals surface area contributed by atoms with Gasteiger partial charge in [-0.2, -0.15) is 0 Å². The molecule has 370 valence electrons. The second-order valence-electron chi connectivity index (χ2n) is 17.3. The van der Waals surface area contributed by atoms with Crippen molar-refractivity contribution in [3.05, 3.63) is 29.5 Å². The molecule has 2 atom stereocenters. The molecule has 2 aromatic rings. The topological polar surface area (TPSA) is 153 Å². The Labute approximate surface area is 400 Å². The van der Waals surface area contributed by atoms with Crippen LogP contribution in [0, 0.1) is 41.9 Å². The molecule has 2 unspecified atom stereocenters. The monoisotopic (exact) mass is 963 g/mol. The smallest absolute Gasteiger partial charge is 0.472 e. The molecule has 0 saturated carbocycles. The van der Waals surface area contributed by atoms with E-state index in [0.29, 0.717) is 71.5 Å². The molecule has 1 aromatic heterocycles. The van der Waals surface area contributed by atoms with Gasteiger partial charge in [0.1, 0.15) is 38.6 Å². The van der Waals surface area contributed by atoms with E-state index in [-0.39, 0.29) is 45.7 Å². The minimum absolute atomic E-state index is 0.0381. The molecule has 0 bridgehead atoms. The van der Waals surface area contributed by atoms with Gasteiger partial charge in [-0.1, -0.05) is 96.8 Å². The van der Waals surface area contributed by atoms with Gasteiger partial charge in [0.2, 0.25) is 5.91 Å². The standard InChI is InChI=1S/C50H77ClN3O11P/c1-7-8-9-10-11-12-13-14-15-16-17-18-19-22-26-34-60-41-62-39-45(40-65-66(57,58)64-36-33-54(3,4)5)63-42-61-35-27-25-32-52-49(55)38-46-43(2)53(50(56)28-23-20-21-24-31-51)48-30-29-44(59-6)37-47(46)48/h29-30,37,45H,7-19,22,25-27,32-36,38-42H2,1-6H3,(H-,52,55,57,58)/p+1. The Balaban J connectivity index is 1.73. The molecule has 0 radical (unpaired) electrons. The summed E-state index contributed by atoms with van der Waals surface area (Å²) >= 11 is 5.30. The Hall–Kier alpha value is -3.42. The molecule has 0 fully saturated rings. The van der Waals surface area contributed by atoms with Crippen LogP contribution < -0.4 is 10.1 Å². The molecule has 0 aliphatic heterocycles. The lowest BCUT2D eigenvalue weighted by Crippen LogP contribution is -2.37. The molecular weight excluding hydrogens is 885 g/mol. The molecule has 1 heterocycles. The lowest BCUT2D eigenvalue weighted by molar-refractivity contribution is -0.870. The van der Waals surface area contributed by atoms with E-state index in [4.69, 9.17) is 44.3 Å². The van der Waals surface area contributed by atoms with E-state index in [0.717, 1.165) is 12.8 Å².